The molecule has 0 aliphatic carbocycles. The molecule has 1 N–H and O–H groups in total. The van der Waals surface area contributed by atoms with Gasteiger partial charge >= 0.3 is 0 Å². The molecule has 0 spiro atoms. The zero-order chi connectivity index (χ0) is 18.9. The van der Waals surface area contributed by atoms with Gasteiger partial charge in [-0.2, -0.15) is 5.10 Å². The number of para-hydroxylation sites is 1. The average Bonchev–Trinajstić information content (AvgIpc) is 2.72. The summed E-state index contributed by atoms with van der Waals surface area (Å²) in [6, 6.07) is 23.3. The van der Waals surface area contributed by atoms with Crippen molar-refractivity contribution in [1.82, 2.24) is 5.43 Å². The first-order valence-electron chi connectivity index (χ1n) is 8.60. The fourth-order valence-corrected chi connectivity index (χ4v) is 2.62. The van der Waals surface area contributed by atoms with Crippen LogP contribution in [0.5, 0.6) is 11.5 Å². The third-order valence-corrected chi connectivity index (χ3v) is 4.22. The van der Waals surface area contributed by atoms with Crippen LogP contribution >= 0.6 is 11.6 Å². The minimum atomic E-state index is 0.505. The zero-order valence-electron chi connectivity index (χ0n) is 15.1. The number of hydrogen-bond donors (Lipinski definition) is 1. The second kappa shape index (κ2) is 9.64. The van der Waals surface area contributed by atoms with Gasteiger partial charge in [-0.05, 0) is 53.6 Å². The molecule has 0 aliphatic heterocycles. The van der Waals surface area contributed by atoms with Crippen LogP contribution in [-0.2, 0) is 13.2 Å². The van der Waals surface area contributed by atoms with E-state index >= 15 is 0 Å². The van der Waals surface area contributed by atoms with Crippen molar-refractivity contribution >= 4 is 17.8 Å². The van der Waals surface area contributed by atoms with E-state index in [0.717, 1.165) is 33.2 Å². The summed E-state index contributed by atoms with van der Waals surface area (Å²) in [5.41, 5.74) is 6.16. The lowest BCUT2D eigenvalue weighted by Gasteiger charge is -2.07. The SMILES string of the molecule is COc1ccccc1CN/N=C/c1ccc(OCc2ccc(Cl)cc2)cc1. The van der Waals surface area contributed by atoms with Crippen molar-refractivity contribution in [2.45, 2.75) is 13.2 Å². The van der Waals surface area contributed by atoms with Crippen molar-refractivity contribution in [3.05, 3.63) is 94.5 Å². The third-order valence-electron chi connectivity index (χ3n) is 3.97. The number of nitrogens with one attached hydrogen (secondary N) is 1. The van der Waals surface area contributed by atoms with Gasteiger partial charge in [-0.3, -0.25) is 0 Å². The molecule has 4 nitrogen and oxygen atoms in total. The summed E-state index contributed by atoms with van der Waals surface area (Å²) in [6.07, 6.45) is 1.78. The molecule has 0 radical (unpaired) electrons. The van der Waals surface area contributed by atoms with E-state index < -0.39 is 0 Å². The van der Waals surface area contributed by atoms with Crippen LogP contribution in [0, 0.1) is 0 Å². The highest BCUT2D eigenvalue weighted by Crippen LogP contribution is 2.17. The van der Waals surface area contributed by atoms with Crippen molar-refractivity contribution in [2.24, 2.45) is 5.10 Å². The average molecular weight is 381 g/mol. The summed E-state index contributed by atoms with van der Waals surface area (Å²) in [5.74, 6) is 1.66. The van der Waals surface area contributed by atoms with Crippen molar-refractivity contribution in [3.63, 3.8) is 0 Å². The number of hydrazone groups is 1. The molecule has 0 unspecified atom stereocenters. The number of benzene rings is 3. The summed E-state index contributed by atoms with van der Waals surface area (Å²) in [5, 5.41) is 4.98. The Kier molecular flexibility index (Phi) is 6.72. The van der Waals surface area contributed by atoms with Gasteiger partial charge in [-0.15, -0.1) is 0 Å². The van der Waals surface area contributed by atoms with Crippen LogP contribution in [0.25, 0.3) is 0 Å². The molecule has 5 heteroatoms. The Morgan fingerprint density at radius 3 is 2.44 bits per heavy atom. The maximum atomic E-state index is 5.88. The summed E-state index contributed by atoms with van der Waals surface area (Å²) in [7, 11) is 1.67. The van der Waals surface area contributed by atoms with Crippen molar-refractivity contribution in [2.75, 3.05) is 7.11 Å². The van der Waals surface area contributed by atoms with Crippen molar-refractivity contribution in [3.8, 4) is 11.5 Å². The maximum Gasteiger partial charge on any atom is 0.123 e. The molecule has 0 saturated heterocycles. The number of ether oxygens (including phenoxy) is 2. The second-order valence-corrected chi connectivity index (χ2v) is 6.33. The minimum Gasteiger partial charge on any atom is -0.496 e. The second-order valence-electron chi connectivity index (χ2n) is 5.89. The summed E-state index contributed by atoms with van der Waals surface area (Å²) >= 11 is 5.88. The number of hydrogen-bond acceptors (Lipinski definition) is 4. The van der Waals surface area contributed by atoms with Gasteiger partial charge in [-0.1, -0.05) is 41.9 Å². The van der Waals surface area contributed by atoms with Gasteiger partial charge in [0, 0.05) is 10.6 Å². The largest absolute Gasteiger partial charge is 0.496 e. The molecular weight excluding hydrogens is 360 g/mol. The molecule has 0 saturated carbocycles. The number of nitrogens with zero attached hydrogens (tertiary/aromatic N) is 1. The first-order chi connectivity index (χ1) is 13.2. The van der Waals surface area contributed by atoms with E-state index in [2.05, 4.69) is 10.5 Å². The fourth-order valence-electron chi connectivity index (χ4n) is 2.50. The van der Waals surface area contributed by atoms with E-state index in [4.69, 9.17) is 21.1 Å². The highest BCUT2D eigenvalue weighted by molar-refractivity contribution is 6.30. The molecule has 0 fully saturated rings. The lowest BCUT2D eigenvalue weighted by Crippen LogP contribution is -2.06. The number of rotatable bonds is 8. The molecule has 138 valence electrons. The highest BCUT2D eigenvalue weighted by Gasteiger charge is 2.00. The Balaban J connectivity index is 1.48. The molecule has 27 heavy (non-hydrogen) atoms. The monoisotopic (exact) mass is 380 g/mol. The standard InChI is InChI=1S/C22H21ClN2O2/c1-26-22-5-3-2-4-19(22)15-25-24-14-17-8-12-21(13-9-17)27-16-18-6-10-20(23)11-7-18/h2-14,25H,15-16H2,1H3/b24-14+. The van der Waals surface area contributed by atoms with Gasteiger partial charge in [0.25, 0.3) is 0 Å². The molecule has 0 atom stereocenters. The summed E-state index contributed by atoms with van der Waals surface area (Å²) in [6.45, 7) is 1.11. The normalized spacial score (nSPS) is 10.7. The Morgan fingerprint density at radius 2 is 1.70 bits per heavy atom. The van der Waals surface area contributed by atoms with Crippen LogP contribution in [0.2, 0.25) is 5.02 Å². The molecule has 3 rings (SSSR count). The molecule has 0 aromatic heterocycles. The predicted octanol–water partition coefficient (Wildman–Crippen LogP) is 5.05. The van der Waals surface area contributed by atoms with Gasteiger partial charge in [-0.25, -0.2) is 0 Å². The van der Waals surface area contributed by atoms with E-state index in [-0.39, 0.29) is 0 Å². The molecule has 0 amide bonds. The molecule has 0 aliphatic rings. The van der Waals surface area contributed by atoms with Crippen LogP contribution in [0.3, 0.4) is 0 Å². The quantitative estimate of drug-likeness (QED) is 0.439. The number of halogens is 1. The smallest absolute Gasteiger partial charge is 0.123 e. The molecule has 3 aromatic rings. The fraction of sp³-hybridized carbons (Fsp3) is 0.136. The topological polar surface area (TPSA) is 42.8 Å². The van der Waals surface area contributed by atoms with E-state index in [1.54, 1.807) is 13.3 Å². The molecular formula is C22H21ClN2O2. The van der Waals surface area contributed by atoms with Crippen LogP contribution < -0.4 is 14.9 Å². The minimum absolute atomic E-state index is 0.505. The van der Waals surface area contributed by atoms with Crippen LogP contribution in [0.15, 0.2) is 77.9 Å². The number of methoxy groups -OCH3 is 1. The van der Waals surface area contributed by atoms with Gasteiger partial charge < -0.3 is 14.9 Å². The predicted molar refractivity (Wildman–Crippen MR) is 110 cm³/mol. The summed E-state index contributed by atoms with van der Waals surface area (Å²) in [4.78, 5) is 0. The van der Waals surface area contributed by atoms with Gasteiger partial charge in [0.05, 0.1) is 19.9 Å². The van der Waals surface area contributed by atoms with Crippen molar-refractivity contribution in [1.29, 1.82) is 0 Å². The van der Waals surface area contributed by atoms with E-state index in [9.17, 15) is 0 Å². The lowest BCUT2D eigenvalue weighted by atomic mass is 10.2. The van der Waals surface area contributed by atoms with E-state index in [1.165, 1.54) is 0 Å². The summed E-state index contributed by atoms with van der Waals surface area (Å²) < 4.78 is 11.1. The lowest BCUT2D eigenvalue weighted by molar-refractivity contribution is 0.306. The maximum absolute atomic E-state index is 5.88. The van der Waals surface area contributed by atoms with Gasteiger partial charge in [0.2, 0.25) is 0 Å². The Labute approximate surface area is 164 Å². The first-order valence-corrected chi connectivity index (χ1v) is 8.97. The Hall–Kier alpha value is -2.98. The van der Waals surface area contributed by atoms with Crippen LogP contribution in [0.1, 0.15) is 16.7 Å². The zero-order valence-corrected chi connectivity index (χ0v) is 15.8. The molecule has 0 heterocycles. The van der Waals surface area contributed by atoms with E-state index in [1.807, 2.05) is 72.8 Å². The van der Waals surface area contributed by atoms with Gasteiger partial charge in [0.1, 0.15) is 18.1 Å². The van der Waals surface area contributed by atoms with Gasteiger partial charge in [0.15, 0.2) is 0 Å². The Morgan fingerprint density at radius 1 is 0.963 bits per heavy atom. The van der Waals surface area contributed by atoms with Crippen LogP contribution in [0.4, 0.5) is 0 Å². The van der Waals surface area contributed by atoms with Crippen LogP contribution in [-0.4, -0.2) is 13.3 Å². The first kappa shape index (κ1) is 18.8. The molecule has 0 bridgehead atoms. The Bertz CT molecular complexity index is 878. The third kappa shape index (κ3) is 5.76. The highest BCUT2D eigenvalue weighted by atomic mass is 35.5. The molecule has 3 aromatic carbocycles. The van der Waals surface area contributed by atoms with Crippen molar-refractivity contribution < 1.29 is 9.47 Å². The van der Waals surface area contributed by atoms with E-state index in [0.29, 0.717) is 13.2 Å².